The molecule has 12 heavy (non-hydrogen) atoms. The van der Waals surface area contributed by atoms with Gasteiger partial charge in [-0.3, -0.25) is 4.68 Å². The van der Waals surface area contributed by atoms with Crippen molar-refractivity contribution in [2.45, 2.75) is 32.9 Å². The van der Waals surface area contributed by atoms with Crippen LogP contribution < -0.4 is 5.32 Å². The van der Waals surface area contributed by atoms with Crippen LogP contribution in [0.15, 0.2) is 6.07 Å². The van der Waals surface area contributed by atoms with Gasteiger partial charge in [-0.25, -0.2) is 0 Å². The zero-order valence-electron chi connectivity index (χ0n) is 7.83. The lowest BCUT2D eigenvalue weighted by molar-refractivity contribution is 0.353. The van der Waals surface area contributed by atoms with Crippen LogP contribution in [0.4, 0.5) is 0 Å². The van der Waals surface area contributed by atoms with Crippen LogP contribution in [0.3, 0.4) is 0 Å². The number of aryl methyl sites for hydroxylation is 1. The van der Waals surface area contributed by atoms with E-state index in [0.717, 1.165) is 12.2 Å². The fourth-order valence-electron chi connectivity index (χ4n) is 1.75. The van der Waals surface area contributed by atoms with Crippen molar-refractivity contribution in [1.29, 1.82) is 0 Å². The maximum atomic E-state index is 4.46. The Labute approximate surface area is 72.8 Å². The monoisotopic (exact) mass is 165 g/mol. The van der Waals surface area contributed by atoms with Gasteiger partial charge in [-0.1, -0.05) is 0 Å². The second-order valence-corrected chi connectivity index (χ2v) is 3.63. The quantitative estimate of drug-likeness (QED) is 0.630. The molecule has 2 unspecified atom stereocenters. The van der Waals surface area contributed by atoms with E-state index in [9.17, 15) is 0 Å². The molecule has 2 rings (SSSR count). The van der Waals surface area contributed by atoms with Crippen molar-refractivity contribution in [3.05, 3.63) is 17.5 Å². The summed E-state index contributed by atoms with van der Waals surface area (Å²) in [5.74, 6) is 0. The molecule has 1 aromatic rings. The van der Waals surface area contributed by atoms with E-state index in [4.69, 9.17) is 0 Å². The number of rotatable bonds is 0. The van der Waals surface area contributed by atoms with Crippen molar-refractivity contribution in [3.63, 3.8) is 0 Å². The van der Waals surface area contributed by atoms with Crippen LogP contribution in [0.2, 0.25) is 0 Å². The summed E-state index contributed by atoms with van der Waals surface area (Å²) in [6.07, 6.45) is 0. The second-order valence-electron chi connectivity index (χ2n) is 3.63. The van der Waals surface area contributed by atoms with Crippen molar-refractivity contribution in [1.82, 2.24) is 15.1 Å². The number of nitrogens with one attached hydrogen (secondary N) is 1. The predicted molar refractivity (Wildman–Crippen MR) is 48.1 cm³/mol. The summed E-state index contributed by atoms with van der Waals surface area (Å²) in [5.41, 5.74) is 2.43. The normalized spacial score (nSPS) is 28.6. The molecule has 3 heteroatoms. The summed E-state index contributed by atoms with van der Waals surface area (Å²) < 4.78 is 2.14. The van der Waals surface area contributed by atoms with Crippen LogP contribution in [0.25, 0.3) is 0 Å². The summed E-state index contributed by atoms with van der Waals surface area (Å²) in [4.78, 5) is 0. The van der Waals surface area contributed by atoms with Crippen LogP contribution in [0.1, 0.15) is 37.3 Å². The van der Waals surface area contributed by atoms with Gasteiger partial charge >= 0.3 is 0 Å². The Kier molecular flexibility index (Phi) is 1.68. The average Bonchev–Trinajstić information content (AvgIpc) is 2.41. The topological polar surface area (TPSA) is 29.9 Å². The zero-order valence-corrected chi connectivity index (χ0v) is 7.83. The molecule has 1 N–H and O–H groups in total. The summed E-state index contributed by atoms with van der Waals surface area (Å²) in [5, 5.41) is 7.90. The van der Waals surface area contributed by atoms with E-state index in [1.807, 2.05) is 6.92 Å². The van der Waals surface area contributed by atoms with Gasteiger partial charge in [0.15, 0.2) is 0 Å². The predicted octanol–water partition coefficient (Wildman–Crippen LogP) is 1.42. The van der Waals surface area contributed by atoms with Crippen LogP contribution in [0, 0.1) is 6.92 Å². The SMILES string of the molecule is Cc1cc2n(n1)C(C)CNC2C. The summed E-state index contributed by atoms with van der Waals surface area (Å²) in [6.45, 7) is 7.44. The van der Waals surface area contributed by atoms with Gasteiger partial charge in [0.05, 0.1) is 17.4 Å². The molecule has 0 saturated heterocycles. The molecule has 66 valence electrons. The molecule has 0 spiro atoms. The third-order valence-corrected chi connectivity index (χ3v) is 2.47. The van der Waals surface area contributed by atoms with Crippen molar-refractivity contribution in [2.24, 2.45) is 0 Å². The molecule has 1 aromatic heterocycles. The number of hydrogen-bond acceptors (Lipinski definition) is 2. The highest BCUT2D eigenvalue weighted by Crippen LogP contribution is 2.22. The molecular formula is C9H15N3. The number of nitrogens with zero attached hydrogens (tertiary/aromatic N) is 2. The first kappa shape index (κ1) is 7.80. The van der Waals surface area contributed by atoms with Gasteiger partial charge < -0.3 is 5.32 Å². The number of aromatic nitrogens is 2. The molecule has 0 aromatic carbocycles. The minimum absolute atomic E-state index is 0.447. The molecule has 0 amide bonds. The Balaban J connectivity index is 2.47. The highest BCUT2D eigenvalue weighted by molar-refractivity contribution is 5.15. The first-order valence-corrected chi connectivity index (χ1v) is 4.48. The third kappa shape index (κ3) is 1.05. The largest absolute Gasteiger partial charge is 0.307 e. The van der Waals surface area contributed by atoms with E-state index in [1.54, 1.807) is 0 Å². The lowest BCUT2D eigenvalue weighted by atomic mass is 10.1. The van der Waals surface area contributed by atoms with Crippen LogP contribution in [-0.4, -0.2) is 16.3 Å². The molecule has 1 aliphatic heterocycles. The highest BCUT2D eigenvalue weighted by atomic mass is 15.3. The van der Waals surface area contributed by atoms with Crippen molar-refractivity contribution >= 4 is 0 Å². The third-order valence-electron chi connectivity index (χ3n) is 2.47. The second kappa shape index (κ2) is 2.59. The first-order valence-electron chi connectivity index (χ1n) is 4.48. The molecule has 0 aliphatic carbocycles. The first-order chi connectivity index (χ1) is 5.68. The maximum Gasteiger partial charge on any atom is 0.0619 e. The fourth-order valence-corrected chi connectivity index (χ4v) is 1.75. The van der Waals surface area contributed by atoms with Gasteiger partial charge in [-0.15, -0.1) is 0 Å². The molecular weight excluding hydrogens is 150 g/mol. The van der Waals surface area contributed by atoms with E-state index in [0.29, 0.717) is 12.1 Å². The van der Waals surface area contributed by atoms with E-state index in [1.165, 1.54) is 5.69 Å². The lowest BCUT2D eigenvalue weighted by Gasteiger charge is -2.27. The van der Waals surface area contributed by atoms with E-state index in [2.05, 4.69) is 35.0 Å². The average molecular weight is 165 g/mol. The van der Waals surface area contributed by atoms with E-state index < -0.39 is 0 Å². The zero-order chi connectivity index (χ0) is 8.72. The Hall–Kier alpha value is -0.830. The van der Waals surface area contributed by atoms with E-state index >= 15 is 0 Å². The van der Waals surface area contributed by atoms with Crippen LogP contribution in [-0.2, 0) is 0 Å². The van der Waals surface area contributed by atoms with Gasteiger partial charge in [0.1, 0.15) is 0 Å². The van der Waals surface area contributed by atoms with Gasteiger partial charge in [-0.2, -0.15) is 5.10 Å². The van der Waals surface area contributed by atoms with Crippen molar-refractivity contribution in [2.75, 3.05) is 6.54 Å². The molecule has 1 aliphatic rings. The molecule has 0 saturated carbocycles. The summed E-state index contributed by atoms with van der Waals surface area (Å²) in [6, 6.07) is 3.10. The molecule has 2 heterocycles. The minimum atomic E-state index is 0.447. The van der Waals surface area contributed by atoms with Crippen LogP contribution >= 0.6 is 0 Å². The molecule has 2 atom stereocenters. The van der Waals surface area contributed by atoms with E-state index in [-0.39, 0.29) is 0 Å². The Morgan fingerprint density at radius 3 is 3.00 bits per heavy atom. The Morgan fingerprint density at radius 2 is 2.33 bits per heavy atom. The molecule has 3 nitrogen and oxygen atoms in total. The Morgan fingerprint density at radius 1 is 1.58 bits per heavy atom. The van der Waals surface area contributed by atoms with Crippen molar-refractivity contribution in [3.8, 4) is 0 Å². The summed E-state index contributed by atoms with van der Waals surface area (Å²) >= 11 is 0. The van der Waals surface area contributed by atoms with Gasteiger partial charge in [0.25, 0.3) is 0 Å². The van der Waals surface area contributed by atoms with Crippen LogP contribution in [0.5, 0.6) is 0 Å². The molecule has 0 bridgehead atoms. The fraction of sp³-hybridized carbons (Fsp3) is 0.667. The highest BCUT2D eigenvalue weighted by Gasteiger charge is 2.21. The maximum absolute atomic E-state index is 4.46. The van der Waals surface area contributed by atoms with Gasteiger partial charge in [-0.05, 0) is 26.8 Å². The van der Waals surface area contributed by atoms with Gasteiger partial charge in [0, 0.05) is 12.6 Å². The van der Waals surface area contributed by atoms with Crippen molar-refractivity contribution < 1.29 is 0 Å². The standard InChI is InChI=1S/C9H15N3/c1-6-4-9-8(3)10-5-7(2)12(9)11-6/h4,7-8,10H,5H2,1-3H3. The number of fused-ring (bicyclic) bond motifs is 1. The number of hydrogen-bond donors (Lipinski definition) is 1. The lowest BCUT2D eigenvalue weighted by Crippen LogP contribution is -2.34. The molecule has 0 radical (unpaired) electrons. The Bertz CT molecular complexity index is 262. The smallest absolute Gasteiger partial charge is 0.0619 e. The minimum Gasteiger partial charge on any atom is -0.307 e. The summed E-state index contributed by atoms with van der Waals surface area (Å²) in [7, 11) is 0. The molecule has 0 fully saturated rings. The van der Waals surface area contributed by atoms with Gasteiger partial charge in [0.2, 0.25) is 0 Å².